The van der Waals surface area contributed by atoms with Crippen LogP contribution in [0.25, 0.3) is 0 Å². The molecule has 4 heteroatoms. The Balaban J connectivity index is 2.35. The van der Waals surface area contributed by atoms with Crippen molar-refractivity contribution >= 4 is 11.4 Å². The molecule has 4 nitrogen and oxygen atoms in total. The first-order valence-corrected chi connectivity index (χ1v) is 4.51. The first-order chi connectivity index (χ1) is 6.81. The summed E-state index contributed by atoms with van der Waals surface area (Å²) in [5, 5.41) is 10.5. The normalized spacial score (nSPS) is 15.5. The minimum atomic E-state index is 0.602. The third-order valence-corrected chi connectivity index (χ3v) is 2.18. The second-order valence-corrected chi connectivity index (χ2v) is 3.17. The highest BCUT2D eigenvalue weighted by molar-refractivity contribution is 5.68. The number of nitrogens with two attached hydrogens (primary N) is 1. The average molecular weight is 189 g/mol. The Morgan fingerprint density at radius 3 is 3.00 bits per heavy atom. The van der Waals surface area contributed by atoms with E-state index in [4.69, 9.17) is 15.8 Å². The molecule has 1 fully saturated rings. The van der Waals surface area contributed by atoms with Crippen LogP contribution in [-0.2, 0) is 4.84 Å². The fraction of sp³-hybridized carbons (Fsp3) is 0.300. The second kappa shape index (κ2) is 3.56. The number of nitrogens with zero attached hydrogens (tertiary/aromatic N) is 2. The molecule has 2 N–H and O–H groups in total. The fourth-order valence-corrected chi connectivity index (χ4v) is 1.47. The van der Waals surface area contributed by atoms with Crippen LogP contribution in [0.1, 0.15) is 12.0 Å². The topological polar surface area (TPSA) is 62.3 Å². The molecule has 72 valence electrons. The van der Waals surface area contributed by atoms with Crippen LogP contribution in [0, 0.1) is 11.3 Å². The zero-order chi connectivity index (χ0) is 9.97. The van der Waals surface area contributed by atoms with Crippen molar-refractivity contribution in [2.45, 2.75) is 6.42 Å². The largest absolute Gasteiger partial charge is 0.397 e. The van der Waals surface area contributed by atoms with Crippen molar-refractivity contribution in [1.82, 2.24) is 0 Å². The van der Waals surface area contributed by atoms with E-state index in [1.807, 2.05) is 0 Å². The summed E-state index contributed by atoms with van der Waals surface area (Å²) in [6.45, 7) is 1.55. The molecule has 0 aromatic heterocycles. The third-order valence-electron chi connectivity index (χ3n) is 2.18. The molecule has 0 spiro atoms. The molecular weight excluding hydrogens is 178 g/mol. The van der Waals surface area contributed by atoms with Crippen LogP contribution in [0.4, 0.5) is 11.4 Å². The van der Waals surface area contributed by atoms with Crippen molar-refractivity contribution in [3.8, 4) is 6.07 Å². The van der Waals surface area contributed by atoms with Crippen LogP contribution in [-0.4, -0.2) is 13.2 Å². The molecule has 1 aromatic carbocycles. The van der Waals surface area contributed by atoms with Gasteiger partial charge in [0, 0.05) is 6.54 Å². The number of hydrogen-bond acceptors (Lipinski definition) is 4. The van der Waals surface area contributed by atoms with Gasteiger partial charge in [-0.1, -0.05) is 0 Å². The summed E-state index contributed by atoms with van der Waals surface area (Å²) in [7, 11) is 0. The molecule has 1 saturated heterocycles. The van der Waals surface area contributed by atoms with E-state index < -0.39 is 0 Å². The van der Waals surface area contributed by atoms with Gasteiger partial charge in [-0.15, -0.1) is 0 Å². The molecule has 0 amide bonds. The number of rotatable bonds is 1. The highest BCUT2D eigenvalue weighted by Gasteiger charge is 2.16. The highest BCUT2D eigenvalue weighted by atomic mass is 16.7. The van der Waals surface area contributed by atoms with Crippen LogP contribution < -0.4 is 10.8 Å². The first-order valence-electron chi connectivity index (χ1n) is 4.51. The van der Waals surface area contributed by atoms with Gasteiger partial charge in [-0.3, -0.25) is 9.90 Å². The smallest absolute Gasteiger partial charge is 0.0992 e. The van der Waals surface area contributed by atoms with Gasteiger partial charge >= 0.3 is 0 Å². The summed E-state index contributed by atoms with van der Waals surface area (Å²) in [4.78, 5) is 5.36. The van der Waals surface area contributed by atoms with E-state index in [2.05, 4.69) is 6.07 Å². The summed E-state index contributed by atoms with van der Waals surface area (Å²) in [6.07, 6.45) is 0.996. The van der Waals surface area contributed by atoms with Crippen LogP contribution in [0.3, 0.4) is 0 Å². The van der Waals surface area contributed by atoms with E-state index in [0.717, 1.165) is 25.3 Å². The van der Waals surface area contributed by atoms with E-state index in [1.165, 1.54) is 0 Å². The maximum Gasteiger partial charge on any atom is 0.0992 e. The molecular formula is C10H11N3O. The summed E-state index contributed by atoms with van der Waals surface area (Å²) < 4.78 is 0. The zero-order valence-corrected chi connectivity index (χ0v) is 7.73. The molecule has 0 bridgehead atoms. The molecule has 0 atom stereocenters. The molecule has 2 rings (SSSR count). The number of nitrogen functional groups attached to an aromatic ring is 1. The Labute approximate surface area is 82.4 Å². The van der Waals surface area contributed by atoms with Gasteiger partial charge in [-0.2, -0.15) is 5.26 Å². The number of anilines is 2. The summed E-state index contributed by atoms with van der Waals surface area (Å²) in [6, 6.07) is 7.27. The van der Waals surface area contributed by atoms with E-state index in [9.17, 15) is 0 Å². The Kier molecular flexibility index (Phi) is 2.25. The van der Waals surface area contributed by atoms with E-state index in [0.29, 0.717) is 11.3 Å². The van der Waals surface area contributed by atoms with Gasteiger partial charge in [0.05, 0.1) is 29.6 Å². The van der Waals surface area contributed by atoms with Crippen molar-refractivity contribution < 1.29 is 4.84 Å². The zero-order valence-electron chi connectivity index (χ0n) is 7.73. The van der Waals surface area contributed by atoms with Crippen LogP contribution in [0.15, 0.2) is 18.2 Å². The quantitative estimate of drug-likeness (QED) is 0.676. The monoisotopic (exact) mass is 189 g/mol. The van der Waals surface area contributed by atoms with Gasteiger partial charge in [0.25, 0.3) is 0 Å². The number of hydrogen-bond donors (Lipinski definition) is 1. The van der Waals surface area contributed by atoms with E-state index in [-0.39, 0.29) is 0 Å². The standard InChI is InChI=1S/C10H11N3O/c11-7-8-2-3-9(12)10(6-8)13-4-1-5-14-13/h2-3,6H,1,4-5,12H2. The summed E-state index contributed by atoms with van der Waals surface area (Å²) >= 11 is 0. The Hall–Kier alpha value is -1.73. The summed E-state index contributed by atoms with van der Waals surface area (Å²) in [5.74, 6) is 0. The van der Waals surface area contributed by atoms with Crippen molar-refractivity contribution in [3.63, 3.8) is 0 Å². The van der Waals surface area contributed by atoms with Gasteiger partial charge in [0.15, 0.2) is 0 Å². The predicted molar refractivity (Wildman–Crippen MR) is 53.5 cm³/mol. The van der Waals surface area contributed by atoms with Crippen molar-refractivity contribution in [3.05, 3.63) is 23.8 Å². The molecule has 1 aliphatic rings. The van der Waals surface area contributed by atoms with Gasteiger partial charge in [0.2, 0.25) is 0 Å². The van der Waals surface area contributed by atoms with Crippen LogP contribution in [0.2, 0.25) is 0 Å². The molecule has 1 aromatic rings. The second-order valence-electron chi connectivity index (χ2n) is 3.17. The van der Waals surface area contributed by atoms with Crippen molar-refractivity contribution in [2.24, 2.45) is 0 Å². The Morgan fingerprint density at radius 1 is 1.50 bits per heavy atom. The fourth-order valence-electron chi connectivity index (χ4n) is 1.47. The maximum atomic E-state index is 8.75. The molecule has 0 unspecified atom stereocenters. The molecule has 14 heavy (non-hydrogen) atoms. The molecule has 0 radical (unpaired) electrons. The van der Waals surface area contributed by atoms with Crippen LogP contribution in [0.5, 0.6) is 0 Å². The van der Waals surface area contributed by atoms with Crippen molar-refractivity contribution in [1.29, 1.82) is 5.26 Å². The number of hydroxylamine groups is 1. The average Bonchev–Trinajstić information content (AvgIpc) is 2.71. The summed E-state index contributed by atoms with van der Waals surface area (Å²) in [5.41, 5.74) is 7.83. The van der Waals surface area contributed by atoms with Gasteiger partial charge in [0.1, 0.15) is 0 Å². The number of benzene rings is 1. The van der Waals surface area contributed by atoms with Crippen molar-refractivity contribution in [2.75, 3.05) is 23.9 Å². The minimum absolute atomic E-state index is 0.602. The lowest BCUT2D eigenvalue weighted by atomic mass is 10.2. The van der Waals surface area contributed by atoms with Gasteiger partial charge in [-0.25, -0.2) is 0 Å². The van der Waals surface area contributed by atoms with E-state index >= 15 is 0 Å². The van der Waals surface area contributed by atoms with Gasteiger partial charge < -0.3 is 5.73 Å². The van der Waals surface area contributed by atoms with Crippen LogP contribution >= 0.6 is 0 Å². The lowest BCUT2D eigenvalue weighted by molar-refractivity contribution is 0.168. The lowest BCUT2D eigenvalue weighted by Gasteiger charge is -2.17. The highest BCUT2D eigenvalue weighted by Crippen LogP contribution is 2.26. The van der Waals surface area contributed by atoms with Gasteiger partial charge in [-0.05, 0) is 24.6 Å². The maximum absolute atomic E-state index is 8.75. The Bertz CT molecular complexity index is 377. The minimum Gasteiger partial charge on any atom is -0.397 e. The van der Waals surface area contributed by atoms with E-state index in [1.54, 1.807) is 23.3 Å². The molecule has 0 saturated carbocycles. The predicted octanol–water partition coefficient (Wildman–Crippen LogP) is 1.28. The SMILES string of the molecule is N#Cc1ccc(N)c(N2CCCO2)c1. The first kappa shape index (κ1) is 8.85. The Morgan fingerprint density at radius 2 is 2.36 bits per heavy atom. The lowest BCUT2D eigenvalue weighted by Crippen LogP contribution is -2.17. The third kappa shape index (κ3) is 1.50. The molecule has 1 aliphatic heterocycles. The number of nitriles is 1. The molecule has 0 aliphatic carbocycles. The molecule has 1 heterocycles.